The van der Waals surface area contributed by atoms with Gasteiger partial charge in [0.15, 0.2) is 6.61 Å². The normalized spacial score (nSPS) is 13.7. The van der Waals surface area contributed by atoms with Crippen molar-refractivity contribution in [3.63, 3.8) is 0 Å². The summed E-state index contributed by atoms with van der Waals surface area (Å²) < 4.78 is 36.7. The summed E-state index contributed by atoms with van der Waals surface area (Å²) in [6, 6.07) is 4.95. The number of carboxylic acids is 2. The molecule has 1 aliphatic heterocycles. The van der Waals surface area contributed by atoms with Crippen molar-refractivity contribution in [1.29, 1.82) is 0 Å². The first-order valence-electron chi connectivity index (χ1n) is 9.36. The number of carbonyl (C=O) groups is 3. The van der Waals surface area contributed by atoms with Gasteiger partial charge in [-0.2, -0.15) is 13.2 Å². The number of ether oxygens (including phenoxy) is 1. The van der Waals surface area contributed by atoms with Crippen molar-refractivity contribution in [3.8, 4) is 5.75 Å². The van der Waals surface area contributed by atoms with Crippen molar-refractivity contribution in [2.75, 3.05) is 19.7 Å². The Morgan fingerprint density at radius 1 is 1.27 bits per heavy atom. The molecule has 0 fully saturated rings. The maximum atomic E-state index is 12.3. The van der Waals surface area contributed by atoms with Gasteiger partial charge in [0.25, 0.3) is 5.91 Å². The summed E-state index contributed by atoms with van der Waals surface area (Å²) >= 11 is 1.49. The summed E-state index contributed by atoms with van der Waals surface area (Å²) in [5.41, 5.74) is 1.52. The first-order valence-corrected chi connectivity index (χ1v) is 10.2. The molecule has 5 N–H and O–H groups in total. The lowest BCUT2D eigenvalue weighted by atomic mass is 10.1. The van der Waals surface area contributed by atoms with Gasteiger partial charge in [0, 0.05) is 24.5 Å². The molecule has 0 saturated carbocycles. The first-order chi connectivity index (χ1) is 15.5. The molecule has 0 spiro atoms. The fourth-order valence-electron chi connectivity index (χ4n) is 2.56. The SMILES string of the molecule is O=C(O)C(F)(F)F.O=C(O)COc1ccc(C(O)CNC(=O)c2cc3c(s2)CCNC3)nc1. The number of hydrogen-bond acceptors (Lipinski definition) is 8. The lowest BCUT2D eigenvalue weighted by Gasteiger charge is -2.11. The number of aliphatic hydroxyl groups excluding tert-OH is 1. The molecule has 0 saturated heterocycles. The van der Waals surface area contributed by atoms with Gasteiger partial charge in [0.05, 0.1) is 16.8 Å². The molecule has 0 aromatic carbocycles. The van der Waals surface area contributed by atoms with E-state index in [1.54, 1.807) is 0 Å². The molecule has 10 nitrogen and oxygen atoms in total. The van der Waals surface area contributed by atoms with E-state index in [0.29, 0.717) is 16.3 Å². The van der Waals surface area contributed by atoms with Crippen LogP contribution < -0.4 is 15.4 Å². The second-order valence-corrected chi connectivity index (χ2v) is 7.75. The molecule has 2 aromatic heterocycles. The Morgan fingerprint density at radius 2 is 1.97 bits per heavy atom. The number of thiophene rings is 1. The molecule has 2 aromatic rings. The number of aliphatic hydroxyl groups is 1. The molecule has 1 unspecified atom stereocenters. The standard InChI is InChI=1S/C17H19N3O5S.C2HF3O2/c21-13(12-2-1-11(7-19-12)25-9-16(22)23)8-20-17(24)15-5-10-6-18-4-3-14(10)26-15;3-2(4,5)1(6)7/h1-2,5,7,13,18,21H,3-4,6,8-9H2,(H,20,24)(H,22,23);(H,6,7). The van der Waals surface area contributed by atoms with Crippen LogP contribution in [0.2, 0.25) is 0 Å². The lowest BCUT2D eigenvalue weighted by molar-refractivity contribution is -0.192. The highest BCUT2D eigenvalue weighted by molar-refractivity contribution is 7.14. The molecular weight excluding hydrogens is 471 g/mol. The van der Waals surface area contributed by atoms with E-state index in [2.05, 4.69) is 15.6 Å². The van der Waals surface area contributed by atoms with Crippen LogP contribution in [0.5, 0.6) is 5.75 Å². The molecule has 0 bridgehead atoms. The number of hydrogen-bond donors (Lipinski definition) is 5. The molecule has 3 heterocycles. The minimum atomic E-state index is -5.08. The van der Waals surface area contributed by atoms with Gasteiger partial charge < -0.3 is 30.7 Å². The number of fused-ring (bicyclic) bond motifs is 1. The molecule has 1 amide bonds. The fraction of sp³-hybridized carbons (Fsp3) is 0.368. The number of aromatic nitrogens is 1. The quantitative estimate of drug-likeness (QED) is 0.385. The van der Waals surface area contributed by atoms with Gasteiger partial charge in [-0.05, 0) is 30.2 Å². The largest absolute Gasteiger partial charge is 0.490 e. The Bertz CT molecular complexity index is 957. The fourth-order valence-corrected chi connectivity index (χ4v) is 3.66. The third-order valence-electron chi connectivity index (χ3n) is 4.13. The van der Waals surface area contributed by atoms with E-state index in [1.165, 1.54) is 34.5 Å². The highest BCUT2D eigenvalue weighted by atomic mass is 32.1. The van der Waals surface area contributed by atoms with Crippen molar-refractivity contribution < 1.29 is 47.6 Å². The van der Waals surface area contributed by atoms with Gasteiger partial charge >= 0.3 is 18.1 Å². The van der Waals surface area contributed by atoms with Crippen LogP contribution in [0.25, 0.3) is 0 Å². The molecule has 3 rings (SSSR count). The second-order valence-electron chi connectivity index (χ2n) is 6.62. The van der Waals surface area contributed by atoms with Crippen molar-refractivity contribution in [2.45, 2.75) is 25.2 Å². The average Bonchev–Trinajstić information content (AvgIpc) is 3.20. The zero-order valence-electron chi connectivity index (χ0n) is 16.9. The predicted molar refractivity (Wildman–Crippen MR) is 108 cm³/mol. The molecule has 1 aliphatic rings. The van der Waals surface area contributed by atoms with Gasteiger partial charge in [0.2, 0.25) is 0 Å². The van der Waals surface area contributed by atoms with Gasteiger partial charge in [-0.3, -0.25) is 9.78 Å². The van der Waals surface area contributed by atoms with Gasteiger partial charge in [-0.25, -0.2) is 9.59 Å². The number of pyridine rings is 1. The van der Waals surface area contributed by atoms with Crippen LogP contribution in [0.1, 0.15) is 31.9 Å². The summed E-state index contributed by atoms with van der Waals surface area (Å²) in [6.07, 6.45) is -3.79. The van der Waals surface area contributed by atoms with Gasteiger partial charge in [0.1, 0.15) is 11.9 Å². The predicted octanol–water partition coefficient (Wildman–Crippen LogP) is 1.35. The monoisotopic (exact) mass is 491 g/mol. The number of nitrogens with zero attached hydrogens (tertiary/aromatic N) is 1. The van der Waals surface area contributed by atoms with E-state index in [1.807, 2.05) is 6.07 Å². The number of nitrogens with one attached hydrogen (secondary N) is 2. The van der Waals surface area contributed by atoms with E-state index in [9.17, 15) is 27.9 Å². The molecule has 0 radical (unpaired) electrons. The van der Waals surface area contributed by atoms with E-state index >= 15 is 0 Å². The third-order valence-corrected chi connectivity index (χ3v) is 5.36. The Morgan fingerprint density at radius 3 is 2.52 bits per heavy atom. The summed E-state index contributed by atoms with van der Waals surface area (Å²) in [7, 11) is 0. The molecule has 180 valence electrons. The Labute approximate surface area is 189 Å². The van der Waals surface area contributed by atoms with Crippen LogP contribution in [0, 0.1) is 0 Å². The number of carboxylic acid groups (broad SMARTS) is 2. The Hall–Kier alpha value is -3.23. The van der Waals surface area contributed by atoms with Crippen molar-refractivity contribution >= 4 is 29.2 Å². The third kappa shape index (κ3) is 8.32. The topological polar surface area (TPSA) is 158 Å². The summed E-state index contributed by atoms with van der Waals surface area (Å²) in [5, 5.41) is 31.8. The maximum absolute atomic E-state index is 12.3. The molecule has 1 atom stereocenters. The summed E-state index contributed by atoms with van der Waals surface area (Å²) in [4.78, 5) is 37.5. The Kier molecular flexibility index (Phi) is 9.13. The molecular formula is C19H20F3N3O7S. The lowest BCUT2D eigenvalue weighted by Crippen LogP contribution is -2.28. The van der Waals surface area contributed by atoms with Crippen LogP contribution in [0.4, 0.5) is 13.2 Å². The van der Waals surface area contributed by atoms with Gasteiger partial charge in [-0.15, -0.1) is 11.3 Å². The molecule has 14 heteroatoms. The molecule has 33 heavy (non-hydrogen) atoms. The number of carbonyl (C=O) groups excluding carboxylic acids is 1. The number of rotatable bonds is 7. The van der Waals surface area contributed by atoms with Crippen LogP contribution in [-0.2, 0) is 22.6 Å². The minimum Gasteiger partial charge on any atom is -0.480 e. The minimum absolute atomic E-state index is 0.0297. The van der Waals surface area contributed by atoms with Crippen LogP contribution in [0.3, 0.4) is 0 Å². The van der Waals surface area contributed by atoms with Crippen LogP contribution >= 0.6 is 11.3 Å². The highest BCUT2D eigenvalue weighted by Crippen LogP contribution is 2.25. The number of aliphatic carboxylic acids is 2. The Balaban J connectivity index is 0.000000479. The highest BCUT2D eigenvalue weighted by Gasteiger charge is 2.38. The van der Waals surface area contributed by atoms with Crippen molar-refractivity contribution in [1.82, 2.24) is 15.6 Å². The summed E-state index contributed by atoms with van der Waals surface area (Å²) in [6.45, 7) is 1.27. The van der Waals surface area contributed by atoms with Crippen molar-refractivity contribution in [3.05, 3.63) is 45.4 Å². The average molecular weight is 491 g/mol. The summed E-state index contributed by atoms with van der Waals surface area (Å²) in [5.74, 6) is -3.76. The van der Waals surface area contributed by atoms with E-state index < -0.39 is 30.8 Å². The van der Waals surface area contributed by atoms with Crippen LogP contribution in [0.15, 0.2) is 24.4 Å². The van der Waals surface area contributed by atoms with Gasteiger partial charge in [-0.1, -0.05) is 0 Å². The zero-order valence-corrected chi connectivity index (χ0v) is 17.7. The number of alkyl halides is 3. The number of amides is 1. The van der Waals surface area contributed by atoms with E-state index in [4.69, 9.17) is 19.7 Å². The second kappa shape index (κ2) is 11.6. The van der Waals surface area contributed by atoms with Crippen molar-refractivity contribution in [2.24, 2.45) is 0 Å². The smallest absolute Gasteiger partial charge is 0.480 e. The number of halogens is 3. The van der Waals surface area contributed by atoms with E-state index in [-0.39, 0.29) is 12.5 Å². The maximum Gasteiger partial charge on any atom is 0.490 e. The van der Waals surface area contributed by atoms with E-state index in [0.717, 1.165) is 25.1 Å². The van der Waals surface area contributed by atoms with Crippen LogP contribution in [-0.4, -0.2) is 64.0 Å². The zero-order chi connectivity index (χ0) is 24.6. The molecule has 0 aliphatic carbocycles. The first kappa shape index (κ1) is 26.0.